The first-order valence-electron chi connectivity index (χ1n) is 10.6. The van der Waals surface area contributed by atoms with Crippen molar-refractivity contribution < 1.29 is 4.79 Å². The van der Waals surface area contributed by atoms with Gasteiger partial charge >= 0.3 is 0 Å². The molecule has 3 atom stereocenters. The van der Waals surface area contributed by atoms with Crippen LogP contribution in [0.25, 0.3) is 0 Å². The van der Waals surface area contributed by atoms with Crippen LogP contribution < -0.4 is 5.43 Å². The van der Waals surface area contributed by atoms with E-state index in [0.717, 1.165) is 12.1 Å². The van der Waals surface area contributed by atoms with Crippen LogP contribution in [0.1, 0.15) is 43.2 Å². The number of allylic oxidation sites excluding steroid dienone is 1. The number of nitrogens with one attached hydrogen (secondary N) is 1. The third kappa shape index (κ3) is 3.13. The van der Waals surface area contributed by atoms with Crippen LogP contribution in [0.15, 0.2) is 84.8 Å². The van der Waals surface area contributed by atoms with E-state index in [2.05, 4.69) is 89.1 Å². The molecule has 0 saturated carbocycles. The van der Waals surface area contributed by atoms with Crippen LogP contribution in [0.5, 0.6) is 0 Å². The number of nitrogens with zero attached hydrogens (tertiary/aromatic N) is 2. The average molecular weight is 386 g/mol. The molecule has 148 valence electrons. The SMILES string of the molecule is CC1CCCC2C(C(c3ccccc3)c3ccccc3)N3NC=CC(=O)C3=CN12. The number of hydrogen-bond acceptors (Lipinski definition) is 4. The molecule has 0 aliphatic carbocycles. The maximum Gasteiger partial charge on any atom is 0.206 e. The number of carbonyl (C=O) groups is 1. The van der Waals surface area contributed by atoms with Gasteiger partial charge in [-0.25, -0.2) is 0 Å². The first-order chi connectivity index (χ1) is 14.2. The van der Waals surface area contributed by atoms with Gasteiger partial charge in [0, 0.05) is 30.4 Å². The zero-order valence-corrected chi connectivity index (χ0v) is 16.7. The Bertz CT molecular complexity index is 898. The Kier molecular flexibility index (Phi) is 4.62. The molecule has 2 aromatic carbocycles. The van der Waals surface area contributed by atoms with E-state index in [1.807, 2.05) is 0 Å². The van der Waals surface area contributed by atoms with Gasteiger partial charge in [0.2, 0.25) is 5.78 Å². The Morgan fingerprint density at radius 1 is 0.966 bits per heavy atom. The summed E-state index contributed by atoms with van der Waals surface area (Å²) in [5.41, 5.74) is 6.72. The largest absolute Gasteiger partial charge is 0.368 e. The molecule has 1 N–H and O–H groups in total. The van der Waals surface area contributed by atoms with Crippen molar-refractivity contribution in [3.05, 3.63) is 96.0 Å². The van der Waals surface area contributed by atoms with Gasteiger partial charge in [0.25, 0.3) is 0 Å². The molecule has 3 aliphatic heterocycles. The van der Waals surface area contributed by atoms with Crippen molar-refractivity contribution in [2.45, 2.75) is 50.2 Å². The average Bonchev–Trinajstić information content (AvgIpc) is 2.76. The van der Waals surface area contributed by atoms with Crippen LogP contribution in [-0.2, 0) is 4.79 Å². The van der Waals surface area contributed by atoms with Crippen LogP contribution in [0.4, 0.5) is 0 Å². The highest BCUT2D eigenvalue weighted by atomic mass is 16.1. The minimum atomic E-state index is 0.0739. The molecule has 0 radical (unpaired) electrons. The second-order valence-electron chi connectivity index (χ2n) is 8.30. The van der Waals surface area contributed by atoms with Gasteiger partial charge < -0.3 is 10.3 Å². The first-order valence-corrected chi connectivity index (χ1v) is 10.6. The summed E-state index contributed by atoms with van der Waals surface area (Å²) in [6.07, 6.45) is 9.03. The molecule has 0 amide bonds. The fourth-order valence-electron chi connectivity index (χ4n) is 5.25. The fourth-order valence-corrected chi connectivity index (χ4v) is 5.25. The van der Waals surface area contributed by atoms with Gasteiger partial charge in [-0.05, 0) is 37.3 Å². The number of carbonyl (C=O) groups excluding carboxylic acids is 1. The van der Waals surface area contributed by atoms with E-state index >= 15 is 0 Å². The van der Waals surface area contributed by atoms with Gasteiger partial charge in [0.1, 0.15) is 5.70 Å². The van der Waals surface area contributed by atoms with Crippen LogP contribution in [0.2, 0.25) is 0 Å². The predicted octanol–water partition coefficient (Wildman–Crippen LogP) is 4.19. The van der Waals surface area contributed by atoms with E-state index in [4.69, 9.17) is 0 Å². The van der Waals surface area contributed by atoms with Crippen molar-refractivity contribution in [3.8, 4) is 0 Å². The maximum absolute atomic E-state index is 12.8. The fraction of sp³-hybridized carbons (Fsp3) is 0.320. The molecule has 0 bridgehead atoms. The Labute approximate surface area is 172 Å². The smallest absolute Gasteiger partial charge is 0.206 e. The molecule has 29 heavy (non-hydrogen) atoms. The molecular formula is C25H27N3O. The Hall–Kier alpha value is -3.01. The van der Waals surface area contributed by atoms with E-state index in [0.29, 0.717) is 12.1 Å². The third-order valence-corrected chi connectivity index (χ3v) is 6.60. The normalized spacial score (nSPS) is 25.9. The van der Waals surface area contributed by atoms with Gasteiger partial charge in [0.15, 0.2) is 0 Å². The van der Waals surface area contributed by atoms with Gasteiger partial charge in [-0.15, -0.1) is 0 Å². The number of fused-ring (bicyclic) bond motifs is 2. The number of rotatable bonds is 3. The zero-order chi connectivity index (χ0) is 19.8. The molecule has 4 heteroatoms. The molecular weight excluding hydrogens is 358 g/mol. The Balaban J connectivity index is 1.68. The number of hydrogen-bond donors (Lipinski definition) is 1. The minimum Gasteiger partial charge on any atom is -0.368 e. The Morgan fingerprint density at radius 2 is 1.62 bits per heavy atom. The summed E-state index contributed by atoms with van der Waals surface area (Å²) in [4.78, 5) is 15.2. The summed E-state index contributed by atoms with van der Waals surface area (Å²) in [7, 11) is 0. The van der Waals surface area contributed by atoms with Crippen molar-refractivity contribution >= 4 is 5.78 Å². The second kappa shape index (κ2) is 7.43. The zero-order valence-electron chi connectivity index (χ0n) is 16.7. The number of ketones is 1. The van der Waals surface area contributed by atoms with Crippen LogP contribution in [-0.4, -0.2) is 33.8 Å². The lowest BCUT2D eigenvalue weighted by atomic mass is 9.76. The van der Waals surface area contributed by atoms with E-state index in [1.165, 1.54) is 24.0 Å². The van der Waals surface area contributed by atoms with Crippen molar-refractivity contribution in [3.63, 3.8) is 0 Å². The first kappa shape index (κ1) is 18.0. The third-order valence-electron chi connectivity index (χ3n) is 6.60. The van der Waals surface area contributed by atoms with Crippen LogP contribution in [0.3, 0.4) is 0 Å². The summed E-state index contributed by atoms with van der Waals surface area (Å²) in [6, 6.07) is 22.4. The predicted molar refractivity (Wildman–Crippen MR) is 115 cm³/mol. The standard InChI is InChI=1S/C25H27N3O/c1-18-9-8-14-21-25(28-22(17-27(18)21)23(29)15-16-26-28)24(19-10-4-2-5-11-19)20-12-6-3-7-13-20/h2-7,10-13,15-18,21,24-26H,8-9,14H2,1H3. The summed E-state index contributed by atoms with van der Waals surface area (Å²) in [5.74, 6) is 0.232. The molecule has 0 aromatic heterocycles. The topological polar surface area (TPSA) is 35.6 Å². The molecule has 3 heterocycles. The summed E-state index contributed by atoms with van der Waals surface area (Å²) in [6.45, 7) is 2.28. The maximum atomic E-state index is 12.8. The Morgan fingerprint density at radius 3 is 2.28 bits per heavy atom. The highest BCUT2D eigenvalue weighted by Gasteiger charge is 2.46. The van der Waals surface area contributed by atoms with Gasteiger partial charge in [-0.3, -0.25) is 9.80 Å². The van der Waals surface area contributed by atoms with E-state index in [1.54, 1.807) is 12.3 Å². The molecule has 1 fully saturated rings. The lowest BCUT2D eigenvalue weighted by Crippen LogP contribution is -2.63. The van der Waals surface area contributed by atoms with Gasteiger partial charge in [-0.2, -0.15) is 0 Å². The summed E-state index contributed by atoms with van der Waals surface area (Å²) >= 11 is 0. The molecule has 3 aliphatic rings. The van der Waals surface area contributed by atoms with Crippen molar-refractivity contribution in [2.24, 2.45) is 0 Å². The van der Waals surface area contributed by atoms with Crippen molar-refractivity contribution in [2.75, 3.05) is 0 Å². The molecule has 4 nitrogen and oxygen atoms in total. The van der Waals surface area contributed by atoms with Gasteiger partial charge in [0.05, 0.1) is 12.1 Å². The minimum absolute atomic E-state index is 0.0739. The lowest BCUT2D eigenvalue weighted by Gasteiger charge is -2.54. The quantitative estimate of drug-likeness (QED) is 0.859. The van der Waals surface area contributed by atoms with E-state index in [-0.39, 0.29) is 17.7 Å². The lowest BCUT2D eigenvalue weighted by molar-refractivity contribution is -0.115. The molecule has 3 unspecified atom stereocenters. The van der Waals surface area contributed by atoms with Crippen LogP contribution >= 0.6 is 0 Å². The summed E-state index contributed by atoms with van der Waals surface area (Å²) < 4.78 is 0. The molecule has 5 rings (SSSR count). The van der Waals surface area contributed by atoms with Crippen molar-refractivity contribution in [1.82, 2.24) is 15.3 Å². The van der Waals surface area contributed by atoms with Crippen molar-refractivity contribution in [1.29, 1.82) is 0 Å². The highest BCUT2D eigenvalue weighted by molar-refractivity contribution is 6.04. The second-order valence-corrected chi connectivity index (χ2v) is 8.30. The van der Waals surface area contributed by atoms with E-state index < -0.39 is 0 Å². The molecule has 1 saturated heterocycles. The van der Waals surface area contributed by atoms with Crippen LogP contribution in [0, 0.1) is 0 Å². The number of piperidine rings is 1. The highest BCUT2D eigenvalue weighted by Crippen LogP contribution is 2.42. The molecule has 2 aromatic rings. The van der Waals surface area contributed by atoms with Gasteiger partial charge in [-0.1, -0.05) is 60.7 Å². The monoisotopic (exact) mass is 385 g/mol. The molecule has 0 spiro atoms. The summed E-state index contributed by atoms with van der Waals surface area (Å²) in [5, 5.41) is 2.13. The number of hydrazine groups is 1. The van der Waals surface area contributed by atoms with E-state index in [9.17, 15) is 4.79 Å². The number of benzene rings is 2.